The highest BCUT2D eigenvalue weighted by Crippen LogP contribution is 2.13. The first-order valence-electron chi connectivity index (χ1n) is 9.00. The van der Waals surface area contributed by atoms with Gasteiger partial charge in [0, 0.05) is 19.0 Å². The maximum atomic E-state index is 11.8. The second-order valence-corrected chi connectivity index (χ2v) is 5.66. The molecule has 1 aromatic carbocycles. The average molecular weight is 347 g/mol. The number of amides is 1. The van der Waals surface area contributed by atoms with Gasteiger partial charge in [0.15, 0.2) is 0 Å². The Bertz CT molecular complexity index is 537. The molecule has 0 saturated carbocycles. The molecule has 0 aliphatic carbocycles. The van der Waals surface area contributed by atoms with Gasteiger partial charge in [0.1, 0.15) is 5.75 Å². The predicted molar refractivity (Wildman–Crippen MR) is 99.4 cm³/mol. The molecule has 0 spiro atoms. The van der Waals surface area contributed by atoms with E-state index in [1.807, 2.05) is 24.3 Å². The van der Waals surface area contributed by atoms with E-state index in [2.05, 4.69) is 12.2 Å². The Kier molecular flexibility index (Phi) is 10.8. The molecule has 5 heteroatoms. The summed E-state index contributed by atoms with van der Waals surface area (Å²) >= 11 is 0. The summed E-state index contributed by atoms with van der Waals surface area (Å²) in [4.78, 5) is 22.9. The normalized spacial score (nSPS) is 10.6. The zero-order chi connectivity index (χ0) is 18.3. The molecule has 0 saturated heterocycles. The molecule has 25 heavy (non-hydrogen) atoms. The number of hydrogen-bond donors (Lipinski definition) is 1. The van der Waals surface area contributed by atoms with E-state index in [0.717, 1.165) is 37.0 Å². The molecule has 0 unspecified atom stereocenters. The summed E-state index contributed by atoms with van der Waals surface area (Å²) in [7, 11) is 0. The van der Waals surface area contributed by atoms with Crippen LogP contribution in [0.25, 0.3) is 6.08 Å². The number of rotatable bonds is 12. The van der Waals surface area contributed by atoms with E-state index in [1.165, 1.54) is 6.08 Å². The molecule has 5 nitrogen and oxygen atoms in total. The standard InChI is InChI=1S/C20H29NO4/c1-3-16-25-18-12-9-17(10-13-18)11-14-19(22)21-15-7-5-6-8-20(23)24-4-2/h9-14H,3-8,15-16H2,1-2H3,(H,21,22)/b14-11+. The molecule has 0 bridgehead atoms. The maximum absolute atomic E-state index is 11.8. The summed E-state index contributed by atoms with van der Waals surface area (Å²) in [6, 6.07) is 7.64. The highest BCUT2D eigenvalue weighted by molar-refractivity contribution is 5.91. The lowest BCUT2D eigenvalue weighted by Gasteiger charge is -2.04. The molecule has 0 heterocycles. The van der Waals surface area contributed by atoms with E-state index in [-0.39, 0.29) is 11.9 Å². The largest absolute Gasteiger partial charge is 0.494 e. The molecule has 0 fully saturated rings. The first-order valence-corrected chi connectivity index (χ1v) is 9.00. The van der Waals surface area contributed by atoms with Crippen molar-refractivity contribution < 1.29 is 19.1 Å². The number of unbranched alkanes of at least 4 members (excludes halogenated alkanes) is 2. The molecule has 0 aliphatic heterocycles. The van der Waals surface area contributed by atoms with Gasteiger partial charge >= 0.3 is 5.97 Å². The molecule has 0 aromatic heterocycles. The minimum absolute atomic E-state index is 0.114. The number of nitrogens with one attached hydrogen (secondary N) is 1. The summed E-state index contributed by atoms with van der Waals surface area (Å²) in [5, 5.41) is 2.84. The smallest absolute Gasteiger partial charge is 0.305 e. The van der Waals surface area contributed by atoms with E-state index in [9.17, 15) is 9.59 Å². The van der Waals surface area contributed by atoms with Crippen LogP contribution >= 0.6 is 0 Å². The van der Waals surface area contributed by atoms with Crippen molar-refractivity contribution in [3.05, 3.63) is 35.9 Å². The number of benzene rings is 1. The third-order valence-corrected chi connectivity index (χ3v) is 3.44. The van der Waals surface area contributed by atoms with Gasteiger partial charge < -0.3 is 14.8 Å². The van der Waals surface area contributed by atoms with Gasteiger partial charge in [-0.05, 0) is 50.0 Å². The average Bonchev–Trinajstić information content (AvgIpc) is 2.62. The number of carbonyl (C=O) groups excluding carboxylic acids is 2. The Morgan fingerprint density at radius 2 is 1.84 bits per heavy atom. The Labute approximate surface area is 150 Å². The van der Waals surface area contributed by atoms with Gasteiger partial charge in [-0.1, -0.05) is 25.5 Å². The van der Waals surface area contributed by atoms with E-state index in [4.69, 9.17) is 9.47 Å². The van der Waals surface area contributed by atoms with Crippen LogP contribution in [-0.4, -0.2) is 31.6 Å². The van der Waals surface area contributed by atoms with Gasteiger partial charge in [0.2, 0.25) is 5.91 Å². The van der Waals surface area contributed by atoms with E-state index < -0.39 is 0 Å². The third kappa shape index (κ3) is 10.2. The summed E-state index contributed by atoms with van der Waals surface area (Å²) < 4.78 is 10.4. The monoisotopic (exact) mass is 347 g/mol. The molecule has 1 aromatic rings. The molecule has 1 rings (SSSR count). The summed E-state index contributed by atoms with van der Waals surface area (Å²) in [5.41, 5.74) is 0.952. The van der Waals surface area contributed by atoms with Crippen LogP contribution in [0.1, 0.15) is 51.5 Å². The fraction of sp³-hybridized carbons (Fsp3) is 0.500. The van der Waals surface area contributed by atoms with Crippen molar-refractivity contribution in [1.29, 1.82) is 0 Å². The lowest BCUT2D eigenvalue weighted by molar-refractivity contribution is -0.143. The van der Waals surface area contributed by atoms with Crippen LogP contribution in [0.3, 0.4) is 0 Å². The second-order valence-electron chi connectivity index (χ2n) is 5.66. The quantitative estimate of drug-likeness (QED) is 0.355. The lowest BCUT2D eigenvalue weighted by Crippen LogP contribution is -2.22. The topological polar surface area (TPSA) is 64.6 Å². The molecule has 0 aliphatic rings. The van der Waals surface area contributed by atoms with Gasteiger partial charge in [-0.3, -0.25) is 9.59 Å². The molecular formula is C20H29NO4. The van der Waals surface area contributed by atoms with Gasteiger partial charge in [0.25, 0.3) is 0 Å². The fourth-order valence-corrected chi connectivity index (χ4v) is 2.14. The van der Waals surface area contributed by atoms with Crippen LogP contribution in [-0.2, 0) is 14.3 Å². The summed E-state index contributed by atoms with van der Waals surface area (Å²) in [6.07, 6.45) is 7.26. The zero-order valence-corrected chi connectivity index (χ0v) is 15.3. The van der Waals surface area contributed by atoms with E-state index in [1.54, 1.807) is 13.0 Å². The van der Waals surface area contributed by atoms with Crippen molar-refractivity contribution in [2.45, 2.75) is 46.0 Å². The Morgan fingerprint density at radius 1 is 1.08 bits per heavy atom. The van der Waals surface area contributed by atoms with Gasteiger partial charge in [-0.15, -0.1) is 0 Å². The van der Waals surface area contributed by atoms with Crippen LogP contribution in [0.2, 0.25) is 0 Å². The second kappa shape index (κ2) is 13.0. The van der Waals surface area contributed by atoms with E-state index >= 15 is 0 Å². The molecule has 0 atom stereocenters. The van der Waals surface area contributed by atoms with Crippen molar-refractivity contribution in [3.8, 4) is 5.75 Å². The first-order chi connectivity index (χ1) is 12.2. The predicted octanol–water partition coefficient (Wildman–Crippen LogP) is 3.73. The van der Waals surface area contributed by atoms with Crippen molar-refractivity contribution in [3.63, 3.8) is 0 Å². The fourth-order valence-electron chi connectivity index (χ4n) is 2.14. The Balaban J connectivity index is 2.17. The SMILES string of the molecule is CCCOc1ccc(/C=C/C(=O)NCCCCCC(=O)OCC)cc1. The summed E-state index contributed by atoms with van der Waals surface area (Å²) in [6.45, 7) is 5.61. The van der Waals surface area contributed by atoms with Gasteiger partial charge in [-0.2, -0.15) is 0 Å². The summed E-state index contributed by atoms with van der Waals surface area (Å²) in [5.74, 6) is 0.573. The van der Waals surface area contributed by atoms with Crippen molar-refractivity contribution >= 4 is 18.0 Å². The number of esters is 1. The van der Waals surface area contributed by atoms with Crippen LogP contribution < -0.4 is 10.1 Å². The highest BCUT2D eigenvalue weighted by atomic mass is 16.5. The van der Waals surface area contributed by atoms with Crippen LogP contribution in [0, 0.1) is 0 Å². The molecular weight excluding hydrogens is 318 g/mol. The lowest BCUT2D eigenvalue weighted by atomic mass is 10.2. The zero-order valence-electron chi connectivity index (χ0n) is 15.3. The van der Waals surface area contributed by atoms with Crippen LogP contribution in [0.15, 0.2) is 30.3 Å². The first kappa shape index (κ1) is 20.7. The van der Waals surface area contributed by atoms with Gasteiger partial charge in [0.05, 0.1) is 13.2 Å². The molecule has 1 amide bonds. The molecule has 138 valence electrons. The van der Waals surface area contributed by atoms with Crippen molar-refractivity contribution in [2.75, 3.05) is 19.8 Å². The number of ether oxygens (including phenoxy) is 2. The van der Waals surface area contributed by atoms with Crippen molar-refractivity contribution in [2.24, 2.45) is 0 Å². The molecule has 0 radical (unpaired) electrons. The number of carbonyl (C=O) groups is 2. The Morgan fingerprint density at radius 3 is 2.52 bits per heavy atom. The number of hydrogen-bond acceptors (Lipinski definition) is 4. The van der Waals surface area contributed by atoms with Crippen LogP contribution in [0.4, 0.5) is 0 Å². The minimum Gasteiger partial charge on any atom is -0.494 e. The highest BCUT2D eigenvalue weighted by Gasteiger charge is 2.01. The van der Waals surface area contributed by atoms with Crippen LogP contribution in [0.5, 0.6) is 5.75 Å². The van der Waals surface area contributed by atoms with Crippen molar-refractivity contribution in [1.82, 2.24) is 5.32 Å². The van der Waals surface area contributed by atoms with E-state index in [0.29, 0.717) is 26.2 Å². The van der Waals surface area contributed by atoms with Gasteiger partial charge in [-0.25, -0.2) is 0 Å². The Hall–Kier alpha value is -2.30. The minimum atomic E-state index is -0.152. The third-order valence-electron chi connectivity index (χ3n) is 3.44. The molecule has 1 N–H and O–H groups in total. The maximum Gasteiger partial charge on any atom is 0.305 e.